The lowest BCUT2D eigenvalue weighted by molar-refractivity contribution is 0.188. The van der Waals surface area contributed by atoms with Crippen LogP contribution >= 0.6 is 11.3 Å². The highest BCUT2D eigenvalue weighted by molar-refractivity contribution is 7.12. The molecule has 2 heterocycles. The Morgan fingerprint density at radius 1 is 1.38 bits per heavy atom. The Labute approximate surface area is 102 Å². The predicted molar refractivity (Wildman–Crippen MR) is 68.9 cm³/mol. The summed E-state index contributed by atoms with van der Waals surface area (Å²) in [7, 11) is 0. The zero-order valence-corrected chi connectivity index (χ0v) is 10.8. The zero-order valence-electron chi connectivity index (χ0n) is 9.98. The Balaban J connectivity index is 2.10. The van der Waals surface area contributed by atoms with Gasteiger partial charge in [-0.15, -0.1) is 11.3 Å². The third-order valence-electron chi connectivity index (χ3n) is 3.34. The molecule has 16 heavy (non-hydrogen) atoms. The summed E-state index contributed by atoms with van der Waals surface area (Å²) in [6, 6.07) is 4.94. The Hall–Kier alpha value is -0.380. The van der Waals surface area contributed by atoms with Crippen LogP contribution in [0.3, 0.4) is 0 Å². The first-order chi connectivity index (χ1) is 7.85. The van der Waals surface area contributed by atoms with Gasteiger partial charge in [0.05, 0.1) is 0 Å². The molecule has 2 nitrogen and oxygen atoms in total. The molecule has 1 aliphatic heterocycles. The molecule has 0 radical (unpaired) electrons. The van der Waals surface area contributed by atoms with Crippen LogP contribution in [0.15, 0.2) is 12.1 Å². The van der Waals surface area contributed by atoms with Gasteiger partial charge in [0.25, 0.3) is 0 Å². The number of hydrogen-bond donors (Lipinski definition) is 1. The smallest absolute Gasteiger partial charge is 0.0463 e. The van der Waals surface area contributed by atoms with Crippen LogP contribution in [0, 0.1) is 0 Å². The minimum Gasteiger partial charge on any atom is -0.396 e. The van der Waals surface area contributed by atoms with Crippen molar-refractivity contribution in [1.29, 1.82) is 0 Å². The van der Waals surface area contributed by atoms with Crippen LogP contribution in [-0.2, 0) is 6.42 Å². The van der Waals surface area contributed by atoms with E-state index in [9.17, 15) is 5.11 Å². The summed E-state index contributed by atoms with van der Waals surface area (Å²) in [6.45, 7) is 4.89. The summed E-state index contributed by atoms with van der Waals surface area (Å²) in [5.74, 6) is 0. The molecule has 0 aliphatic carbocycles. The molecule has 2 rings (SSSR count). The number of nitrogens with zero attached hydrogens (tertiary/aromatic N) is 1. The summed E-state index contributed by atoms with van der Waals surface area (Å²) >= 11 is 1.91. The topological polar surface area (TPSA) is 23.5 Å². The lowest BCUT2D eigenvalue weighted by atomic mass is 10.1. The molecule has 1 atom stereocenters. The van der Waals surface area contributed by atoms with E-state index in [2.05, 4.69) is 24.0 Å². The maximum absolute atomic E-state index is 9.20. The Bertz CT molecular complexity index is 317. The van der Waals surface area contributed by atoms with Gasteiger partial charge in [0.15, 0.2) is 0 Å². The second-order valence-electron chi connectivity index (χ2n) is 4.43. The van der Waals surface area contributed by atoms with Gasteiger partial charge in [0.2, 0.25) is 0 Å². The fourth-order valence-electron chi connectivity index (χ4n) is 2.44. The highest BCUT2D eigenvalue weighted by Crippen LogP contribution is 2.32. The maximum Gasteiger partial charge on any atom is 0.0463 e. The van der Waals surface area contributed by atoms with Crippen molar-refractivity contribution in [3.05, 3.63) is 21.9 Å². The highest BCUT2D eigenvalue weighted by Gasteiger charge is 2.23. The molecule has 1 unspecified atom stereocenters. The van der Waals surface area contributed by atoms with Crippen LogP contribution in [0.25, 0.3) is 0 Å². The third-order valence-corrected chi connectivity index (χ3v) is 4.67. The number of aliphatic hydroxyl groups excluding tert-OH is 1. The molecule has 0 spiro atoms. The first kappa shape index (κ1) is 12.1. The van der Waals surface area contributed by atoms with Crippen molar-refractivity contribution in [2.75, 3.05) is 19.7 Å². The number of likely N-dealkylation sites (tertiary alicyclic amines) is 1. The Morgan fingerprint density at radius 2 is 2.12 bits per heavy atom. The normalized spacial score (nSPS) is 19.1. The van der Waals surface area contributed by atoms with Crippen LogP contribution in [-0.4, -0.2) is 29.7 Å². The van der Waals surface area contributed by atoms with Gasteiger partial charge in [-0.05, 0) is 50.9 Å². The molecule has 90 valence electrons. The molecular weight excluding hydrogens is 218 g/mol. The van der Waals surface area contributed by atoms with E-state index in [1.807, 2.05) is 11.3 Å². The second kappa shape index (κ2) is 5.80. The molecule has 0 amide bonds. The van der Waals surface area contributed by atoms with Crippen LogP contribution in [0.5, 0.6) is 0 Å². The van der Waals surface area contributed by atoms with Gasteiger partial charge in [0, 0.05) is 22.4 Å². The fraction of sp³-hybridized carbons (Fsp3) is 0.692. The monoisotopic (exact) mass is 239 g/mol. The van der Waals surface area contributed by atoms with Gasteiger partial charge in [-0.1, -0.05) is 6.92 Å². The summed E-state index contributed by atoms with van der Waals surface area (Å²) in [5, 5.41) is 9.20. The molecular formula is C13H21NOS. The molecule has 1 N–H and O–H groups in total. The van der Waals surface area contributed by atoms with E-state index in [1.54, 1.807) is 0 Å². The number of rotatable bonds is 5. The number of hydrogen-bond acceptors (Lipinski definition) is 3. The maximum atomic E-state index is 9.20. The van der Waals surface area contributed by atoms with Gasteiger partial charge < -0.3 is 5.11 Å². The van der Waals surface area contributed by atoms with Gasteiger partial charge in [-0.25, -0.2) is 0 Å². The quantitative estimate of drug-likeness (QED) is 0.854. The van der Waals surface area contributed by atoms with Crippen molar-refractivity contribution in [1.82, 2.24) is 4.90 Å². The average molecular weight is 239 g/mol. The zero-order chi connectivity index (χ0) is 11.4. The van der Waals surface area contributed by atoms with E-state index < -0.39 is 0 Å². The van der Waals surface area contributed by atoms with Crippen LogP contribution in [0.4, 0.5) is 0 Å². The molecule has 0 aromatic carbocycles. The van der Waals surface area contributed by atoms with Crippen LogP contribution < -0.4 is 0 Å². The van der Waals surface area contributed by atoms with E-state index in [0.717, 1.165) is 12.8 Å². The third kappa shape index (κ3) is 2.65. The SMILES string of the molecule is CCc1ccc(C(CCO)N2CCCC2)s1. The van der Waals surface area contributed by atoms with E-state index >= 15 is 0 Å². The average Bonchev–Trinajstić information content (AvgIpc) is 2.97. The van der Waals surface area contributed by atoms with E-state index in [-0.39, 0.29) is 0 Å². The van der Waals surface area contributed by atoms with Gasteiger partial charge >= 0.3 is 0 Å². The van der Waals surface area contributed by atoms with E-state index in [1.165, 1.54) is 35.7 Å². The Morgan fingerprint density at radius 3 is 2.69 bits per heavy atom. The van der Waals surface area contributed by atoms with Crippen molar-refractivity contribution >= 4 is 11.3 Å². The van der Waals surface area contributed by atoms with Crippen molar-refractivity contribution < 1.29 is 5.11 Å². The van der Waals surface area contributed by atoms with Crippen LogP contribution in [0.1, 0.15) is 42.0 Å². The van der Waals surface area contributed by atoms with Crippen molar-refractivity contribution in [3.8, 4) is 0 Å². The minimum atomic E-state index is 0.292. The van der Waals surface area contributed by atoms with Crippen molar-refractivity contribution in [3.63, 3.8) is 0 Å². The number of aliphatic hydroxyl groups is 1. The number of aryl methyl sites for hydroxylation is 1. The Kier molecular flexibility index (Phi) is 4.38. The molecule has 0 saturated carbocycles. The number of thiophene rings is 1. The molecule has 1 fully saturated rings. The largest absolute Gasteiger partial charge is 0.396 e. The first-order valence-corrected chi connectivity index (χ1v) is 7.10. The van der Waals surface area contributed by atoms with Gasteiger partial charge in [-0.3, -0.25) is 4.90 Å². The summed E-state index contributed by atoms with van der Waals surface area (Å²) in [4.78, 5) is 5.42. The van der Waals surface area contributed by atoms with Crippen molar-refractivity contribution in [2.24, 2.45) is 0 Å². The molecule has 1 saturated heterocycles. The van der Waals surface area contributed by atoms with Gasteiger partial charge in [0.1, 0.15) is 0 Å². The molecule has 3 heteroatoms. The molecule has 1 aliphatic rings. The van der Waals surface area contributed by atoms with E-state index in [4.69, 9.17) is 0 Å². The standard InChI is InChI=1S/C13H21NOS/c1-2-11-5-6-13(16-11)12(7-10-15)14-8-3-4-9-14/h5-6,12,15H,2-4,7-10H2,1H3. The van der Waals surface area contributed by atoms with Crippen LogP contribution in [0.2, 0.25) is 0 Å². The fourth-order valence-corrected chi connectivity index (χ4v) is 3.57. The highest BCUT2D eigenvalue weighted by atomic mass is 32.1. The molecule has 1 aromatic heterocycles. The van der Waals surface area contributed by atoms with Gasteiger partial charge in [-0.2, -0.15) is 0 Å². The predicted octanol–water partition coefficient (Wildman–Crippen LogP) is 2.83. The lowest BCUT2D eigenvalue weighted by Gasteiger charge is -2.25. The summed E-state index contributed by atoms with van der Waals surface area (Å²) in [5.41, 5.74) is 0. The second-order valence-corrected chi connectivity index (χ2v) is 5.63. The lowest BCUT2D eigenvalue weighted by Crippen LogP contribution is -2.25. The molecule has 1 aromatic rings. The minimum absolute atomic E-state index is 0.292. The van der Waals surface area contributed by atoms with Crippen molar-refractivity contribution in [2.45, 2.75) is 38.6 Å². The summed E-state index contributed by atoms with van der Waals surface area (Å²) < 4.78 is 0. The molecule has 0 bridgehead atoms. The van der Waals surface area contributed by atoms with E-state index in [0.29, 0.717) is 12.6 Å². The summed E-state index contributed by atoms with van der Waals surface area (Å²) in [6.07, 6.45) is 4.63. The first-order valence-electron chi connectivity index (χ1n) is 6.28.